The number of aryl methyl sites for hydroxylation is 1. The van der Waals surface area contributed by atoms with Gasteiger partial charge >= 0.3 is 0 Å². The van der Waals surface area contributed by atoms with Crippen molar-refractivity contribution in [2.45, 2.75) is 89.3 Å². The number of rotatable bonds is 2. The summed E-state index contributed by atoms with van der Waals surface area (Å²) >= 11 is 0. The van der Waals surface area contributed by atoms with Crippen molar-refractivity contribution in [2.24, 2.45) is 11.8 Å². The zero-order chi connectivity index (χ0) is 20.6. The standard InChI is InChI=1S/C25H36N2OSi/c1-24(2,3)29(5,6)28-18-8-10-19-16(13-18)7-9-21-20(19)11-12-25(4)22(21)14-17-15-26-27-23(17)25/h8,10,13,15,20-22H,7,9,11-12,14H2,1-6H3,(H,26,27)/t20?,21?,22?,25-/m0/s1. The highest BCUT2D eigenvalue weighted by Crippen LogP contribution is 2.59. The Bertz CT molecular complexity index is 941. The number of nitrogens with one attached hydrogen (secondary N) is 1. The summed E-state index contributed by atoms with van der Waals surface area (Å²) in [5.41, 5.74) is 6.27. The van der Waals surface area contributed by atoms with E-state index in [1.165, 1.54) is 43.4 Å². The first kappa shape index (κ1) is 19.4. The molecular formula is C25H36N2OSi. The van der Waals surface area contributed by atoms with Crippen molar-refractivity contribution in [3.8, 4) is 5.75 Å². The molecule has 3 nitrogen and oxygen atoms in total. The minimum atomic E-state index is -1.79. The van der Waals surface area contributed by atoms with E-state index in [1.54, 1.807) is 11.1 Å². The lowest BCUT2D eigenvalue weighted by molar-refractivity contribution is 0.103. The Morgan fingerprint density at radius 1 is 1.17 bits per heavy atom. The van der Waals surface area contributed by atoms with E-state index < -0.39 is 8.32 Å². The van der Waals surface area contributed by atoms with Crippen molar-refractivity contribution < 1.29 is 4.43 Å². The van der Waals surface area contributed by atoms with Crippen LogP contribution >= 0.6 is 0 Å². The molecule has 156 valence electrons. The molecule has 4 heteroatoms. The summed E-state index contributed by atoms with van der Waals surface area (Å²) in [7, 11) is -1.79. The summed E-state index contributed by atoms with van der Waals surface area (Å²) in [6.45, 7) is 14.1. The lowest BCUT2D eigenvalue weighted by atomic mass is 9.55. The summed E-state index contributed by atoms with van der Waals surface area (Å²) in [4.78, 5) is 0. The molecule has 2 aromatic rings. The third-order valence-electron chi connectivity index (χ3n) is 8.97. The first-order valence-corrected chi connectivity index (χ1v) is 14.4. The molecule has 0 amide bonds. The molecule has 1 aromatic carbocycles. The Hall–Kier alpha value is -1.55. The van der Waals surface area contributed by atoms with Gasteiger partial charge in [0.2, 0.25) is 8.32 Å². The number of H-pyrrole nitrogens is 1. The predicted molar refractivity (Wildman–Crippen MR) is 121 cm³/mol. The van der Waals surface area contributed by atoms with E-state index in [-0.39, 0.29) is 10.5 Å². The second-order valence-electron chi connectivity index (χ2n) is 11.6. The molecule has 0 saturated heterocycles. The number of hydrogen-bond acceptors (Lipinski definition) is 2. The highest BCUT2D eigenvalue weighted by atomic mass is 28.4. The van der Waals surface area contributed by atoms with E-state index in [2.05, 4.69) is 75.4 Å². The van der Waals surface area contributed by atoms with Gasteiger partial charge in [0.1, 0.15) is 5.75 Å². The molecule has 0 bridgehead atoms. The van der Waals surface area contributed by atoms with Crippen molar-refractivity contribution in [3.63, 3.8) is 0 Å². The normalized spacial score (nSPS) is 30.9. The average Bonchev–Trinajstić information content (AvgIpc) is 3.21. The van der Waals surface area contributed by atoms with Crippen molar-refractivity contribution in [1.29, 1.82) is 0 Å². The van der Waals surface area contributed by atoms with E-state index in [0.29, 0.717) is 5.92 Å². The van der Waals surface area contributed by atoms with E-state index in [9.17, 15) is 0 Å². The second kappa shape index (κ2) is 6.23. The summed E-state index contributed by atoms with van der Waals surface area (Å²) in [5.74, 6) is 3.36. The van der Waals surface area contributed by atoms with Gasteiger partial charge in [-0.2, -0.15) is 5.10 Å². The van der Waals surface area contributed by atoms with Gasteiger partial charge in [0.25, 0.3) is 0 Å². The molecule has 4 atom stereocenters. The average molecular weight is 409 g/mol. The number of fused-ring (bicyclic) bond motifs is 7. The van der Waals surface area contributed by atoms with Gasteiger partial charge in [0.05, 0.1) is 5.69 Å². The number of aromatic amines is 1. The number of aromatic nitrogens is 2. The molecule has 1 fully saturated rings. The first-order valence-electron chi connectivity index (χ1n) is 11.5. The monoisotopic (exact) mass is 408 g/mol. The smallest absolute Gasteiger partial charge is 0.250 e. The largest absolute Gasteiger partial charge is 0.543 e. The van der Waals surface area contributed by atoms with Gasteiger partial charge < -0.3 is 4.43 Å². The topological polar surface area (TPSA) is 37.9 Å². The molecule has 0 radical (unpaired) electrons. The van der Waals surface area contributed by atoms with Crippen LogP contribution < -0.4 is 4.43 Å². The lowest BCUT2D eigenvalue weighted by Crippen LogP contribution is -2.44. The third-order valence-corrected chi connectivity index (χ3v) is 13.3. The molecule has 1 N–H and O–H groups in total. The molecule has 1 saturated carbocycles. The fourth-order valence-corrected chi connectivity index (χ4v) is 7.28. The zero-order valence-corrected chi connectivity index (χ0v) is 19.9. The Labute approximate surface area is 176 Å². The summed E-state index contributed by atoms with van der Waals surface area (Å²) in [6, 6.07) is 7.04. The second-order valence-corrected chi connectivity index (χ2v) is 16.3. The molecule has 0 aliphatic heterocycles. The van der Waals surface area contributed by atoms with Crippen LogP contribution in [0.25, 0.3) is 0 Å². The summed E-state index contributed by atoms with van der Waals surface area (Å²) < 4.78 is 6.61. The number of benzene rings is 1. The van der Waals surface area contributed by atoms with Crippen LogP contribution in [0.4, 0.5) is 0 Å². The maximum atomic E-state index is 6.61. The highest BCUT2D eigenvalue weighted by Gasteiger charge is 2.54. The number of nitrogens with zero attached hydrogens (tertiary/aromatic N) is 1. The first-order chi connectivity index (χ1) is 13.6. The van der Waals surface area contributed by atoms with E-state index in [0.717, 1.165) is 17.6 Å². The molecule has 3 aliphatic carbocycles. The minimum absolute atomic E-state index is 0.231. The molecule has 3 unspecified atom stereocenters. The Kier molecular flexibility index (Phi) is 4.17. The Balaban J connectivity index is 1.41. The molecule has 29 heavy (non-hydrogen) atoms. The molecule has 1 heterocycles. The maximum Gasteiger partial charge on any atom is 0.250 e. The van der Waals surface area contributed by atoms with Crippen molar-refractivity contribution >= 4 is 8.32 Å². The zero-order valence-electron chi connectivity index (χ0n) is 18.9. The van der Waals surface area contributed by atoms with E-state index in [1.807, 2.05) is 0 Å². The SMILES string of the molecule is CC(C)(C)[Si](C)(C)Oc1ccc2c(c1)CCC1C2CC[C@]2(C)c3n[nH]cc3CC12. The van der Waals surface area contributed by atoms with Crippen molar-refractivity contribution in [1.82, 2.24) is 10.2 Å². The van der Waals surface area contributed by atoms with Crippen LogP contribution in [0.5, 0.6) is 5.75 Å². The van der Waals surface area contributed by atoms with Gasteiger partial charge in [-0.05, 0) is 96.8 Å². The molecule has 0 spiro atoms. The van der Waals surface area contributed by atoms with Crippen LogP contribution in [0, 0.1) is 11.8 Å². The Morgan fingerprint density at radius 3 is 2.72 bits per heavy atom. The molecular weight excluding hydrogens is 372 g/mol. The molecule has 1 aromatic heterocycles. The van der Waals surface area contributed by atoms with Gasteiger partial charge in [-0.1, -0.05) is 33.8 Å². The van der Waals surface area contributed by atoms with Crippen molar-refractivity contribution in [3.05, 3.63) is 46.8 Å². The molecule has 5 rings (SSSR count). The van der Waals surface area contributed by atoms with Gasteiger partial charge in [0, 0.05) is 11.6 Å². The highest BCUT2D eigenvalue weighted by molar-refractivity contribution is 6.74. The van der Waals surface area contributed by atoms with Crippen molar-refractivity contribution in [2.75, 3.05) is 0 Å². The number of hydrogen-bond donors (Lipinski definition) is 1. The van der Waals surface area contributed by atoms with Gasteiger partial charge in [-0.3, -0.25) is 5.10 Å². The molecule has 3 aliphatic rings. The van der Waals surface area contributed by atoms with Crippen LogP contribution in [0.15, 0.2) is 24.4 Å². The Morgan fingerprint density at radius 2 is 1.97 bits per heavy atom. The van der Waals surface area contributed by atoms with Crippen LogP contribution in [0.2, 0.25) is 18.1 Å². The minimum Gasteiger partial charge on any atom is -0.543 e. The van der Waals surface area contributed by atoms with Gasteiger partial charge in [-0.25, -0.2) is 0 Å². The van der Waals surface area contributed by atoms with Gasteiger partial charge in [0.15, 0.2) is 0 Å². The predicted octanol–water partition coefficient (Wildman–Crippen LogP) is 6.36. The van der Waals surface area contributed by atoms with Crippen LogP contribution in [0.1, 0.15) is 75.3 Å². The summed E-state index contributed by atoms with van der Waals surface area (Å²) in [6.07, 6.45) is 8.43. The van der Waals surface area contributed by atoms with Crippen LogP contribution in [-0.2, 0) is 18.3 Å². The van der Waals surface area contributed by atoms with Gasteiger partial charge in [-0.15, -0.1) is 0 Å². The fourth-order valence-electron chi connectivity index (χ4n) is 6.26. The van der Waals surface area contributed by atoms with E-state index >= 15 is 0 Å². The lowest BCUT2D eigenvalue weighted by Gasteiger charge is -2.49. The van der Waals surface area contributed by atoms with E-state index in [4.69, 9.17) is 4.43 Å². The summed E-state index contributed by atoms with van der Waals surface area (Å²) in [5, 5.41) is 8.01. The third kappa shape index (κ3) is 2.85. The van der Waals surface area contributed by atoms with Crippen LogP contribution in [-0.4, -0.2) is 18.5 Å². The maximum absolute atomic E-state index is 6.61. The quantitative estimate of drug-likeness (QED) is 0.587. The fraction of sp³-hybridized carbons (Fsp3) is 0.640. The van der Waals surface area contributed by atoms with Crippen LogP contribution in [0.3, 0.4) is 0 Å².